The van der Waals surface area contributed by atoms with Crippen LogP contribution in [-0.2, 0) is 9.59 Å². The molecule has 2 fully saturated rings. The Bertz CT molecular complexity index is 285. The molecule has 16 heavy (non-hydrogen) atoms. The highest BCUT2D eigenvalue weighted by molar-refractivity contribution is 5.91. The van der Waals surface area contributed by atoms with E-state index in [1.807, 2.05) is 11.8 Å². The van der Waals surface area contributed by atoms with E-state index in [-0.39, 0.29) is 36.3 Å². The van der Waals surface area contributed by atoms with E-state index in [1.165, 1.54) is 0 Å². The number of carbonyl (C=O) groups excluding carboxylic acids is 2. The number of hydrogen-bond donors (Lipinski definition) is 2. The van der Waals surface area contributed by atoms with Crippen molar-refractivity contribution in [3.63, 3.8) is 0 Å². The third-order valence-electron chi connectivity index (χ3n) is 3.08. The molecule has 0 spiro atoms. The van der Waals surface area contributed by atoms with Crippen LogP contribution in [0.1, 0.15) is 19.8 Å². The van der Waals surface area contributed by atoms with Crippen LogP contribution < -0.4 is 10.6 Å². The Labute approximate surface area is 101 Å². The van der Waals surface area contributed by atoms with Gasteiger partial charge in [0.25, 0.3) is 0 Å². The van der Waals surface area contributed by atoms with Crippen molar-refractivity contribution in [2.75, 3.05) is 19.6 Å². The summed E-state index contributed by atoms with van der Waals surface area (Å²) in [6, 6.07) is -0.0539. The highest BCUT2D eigenvalue weighted by Gasteiger charge is 2.33. The summed E-state index contributed by atoms with van der Waals surface area (Å²) in [7, 11) is 0. The van der Waals surface area contributed by atoms with E-state index in [9.17, 15) is 9.59 Å². The highest BCUT2D eigenvalue weighted by Crippen LogP contribution is 2.12. The van der Waals surface area contributed by atoms with E-state index in [2.05, 4.69) is 10.6 Å². The molecule has 0 bridgehead atoms. The Balaban J connectivity index is 0.00000128. The first-order chi connectivity index (χ1) is 7.18. The topological polar surface area (TPSA) is 61.4 Å². The minimum Gasteiger partial charge on any atom is -0.344 e. The van der Waals surface area contributed by atoms with Crippen molar-refractivity contribution >= 4 is 24.2 Å². The molecule has 2 atom stereocenters. The maximum atomic E-state index is 12.0. The lowest BCUT2D eigenvalue weighted by Crippen LogP contribution is -2.56. The van der Waals surface area contributed by atoms with Crippen LogP contribution in [0.3, 0.4) is 0 Å². The van der Waals surface area contributed by atoms with Crippen LogP contribution in [0.2, 0.25) is 0 Å². The zero-order valence-corrected chi connectivity index (χ0v) is 10.2. The molecule has 0 aromatic carbocycles. The van der Waals surface area contributed by atoms with E-state index in [1.54, 1.807) is 0 Å². The molecule has 0 radical (unpaired) electrons. The lowest BCUT2D eigenvalue weighted by Gasteiger charge is -2.35. The molecule has 2 aliphatic rings. The number of carbonyl (C=O) groups is 2. The monoisotopic (exact) mass is 247 g/mol. The minimum absolute atomic E-state index is 0. The van der Waals surface area contributed by atoms with Gasteiger partial charge in [-0.2, -0.15) is 0 Å². The van der Waals surface area contributed by atoms with E-state index >= 15 is 0 Å². The summed E-state index contributed by atoms with van der Waals surface area (Å²) in [5.41, 5.74) is 0. The average Bonchev–Trinajstić information content (AvgIpc) is 2.65. The van der Waals surface area contributed by atoms with Gasteiger partial charge in [0.2, 0.25) is 11.8 Å². The lowest BCUT2D eigenvalue weighted by molar-refractivity contribution is -0.137. The van der Waals surface area contributed by atoms with Crippen molar-refractivity contribution in [2.24, 2.45) is 0 Å². The highest BCUT2D eigenvalue weighted by atomic mass is 35.5. The average molecular weight is 248 g/mol. The van der Waals surface area contributed by atoms with Gasteiger partial charge in [0, 0.05) is 32.1 Å². The molecule has 92 valence electrons. The molecule has 2 amide bonds. The maximum Gasteiger partial charge on any atom is 0.245 e. The van der Waals surface area contributed by atoms with E-state index in [0.717, 1.165) is 19.6 Å². The molecular formula is C10H18ClN3O2. The van der Waals surface area contributed by atoms with E-state index in [4.69, 9.17) is 0 Å². The third-order valence-corrected chi connectivity index (χ3v) is 3.08. The standard InChI is InChI=1S/C10H17N3O2.ClH/c1-7-6-11-4-5-13(7)10(15)8-2-3-9(14)12-8;/h7-8,11H,2-6H2,1H3,(H,12,14);1H. The number of amides is 2. The van der Waals surface area contributed by atoms with Crippen LogP contribution >= 0.6 is 12.4 Å². The number of piperazine rings is 1. The summed E-state index contributed by atoms with van der Waals surface area (Å²) in [4.78, 5) is 24.9. The van der Waals surface area contributed by atoms with Gasteiger partial charge in [0.15, 0.2) is 0 Å². The molecule has 5 nitrogen and oxygen atoms in total. The first-order valence-electron chi connectivity index (χ1n) is 5.49. The van der Waals surface area contributed by atoms with Crippen LogP contribution in [0.5, 0.6) is 0 Å². The molecule has 0 saturated carbocycles. The van der Waals surface area contributed by atoms with Crippen LogP contribution in [-0.4, -0.2) is 48.4 Å². The molecule has 0 aromatic rings. The predicted molar refractivity (Wildman–Crippen MR) is 62.5 cm³/mol. The quantitative estimate of drug-likeness (QED) is 0.657. The zero-order chi connectivity index (χ0) is 10.8. The molecule has 2 heterocycles. The fourth-order valence-electron chi connectivity index (χ4n) is 2.17. The zero-order valence-electron chi connectivity index (χ0n) is 9.36. The summed E-state index contributed by atoms with van der Waals surface area (Å²) in [5, 5.41) is 5.96. The number of halogens is 1. The number of rotatable bonds is 1. The van der Waals surface area contributed by atoms with Gasteiger partial charge in [-0.1, -0.05) is 0 Å². The van der Waals surface area contributed by atoms with Gasteiger partial charge >= 0.3 is 0 Å². The molecule has 2 N–H and O–H groups in total. The molecule has 0 aliphatic carbocycles. The number of nitrogens with one attached hydrogen (secondary N) is 2. The Kier molecular flexibility index (Phi) is 4.56. The van der Waals surface area contributed by atoms with Gasteiger partial charge in [-0.15, -0.1) is 12.4 Å². The normalized spacial score (nSPS) is 29.6. The maximum absolute atomic E-state index is 12.0. The summed E-state index contributed by atoms with van der Waals surface area (Å²) >= 11 is 0. The number of hydrogen-bond acceptors (Lipinski definition) is 3. The van der Waals surface area contributed by atoms with Gasteiger partial charge in [-0.25, -0.2) is 0 Å². The van der Waals surface area contributed by atoms with Crippen molar-refractivity contribution < 1.29 is 9.59 Å². The molecule has 2 saturated heterocycles. The fraction of sp³-hybridized carbons (Fsp3) is 0.800. The largest absolute Gasteiger partial charge is 0.344 e. The first-order valence-corrected chi connectivity index (χ1v) is 5.49. The molecular weight excluding hydrogens is 230 g/mol. The molecule has 2 aliphatic heterocycles. The van der Waals surface area contributed by atoms with Crippen molar-refractivity contribution in [3.05, 3.63) is 0 Å². The first kappa shape index (κ1) is 13.3. The minimum atomic E-state index is -0.280. The second kappa shape index (κ2) is 5.50. The number of nitrogens with zero attached hydrogens (tertiary/aromatic N) is 1. The van der Waals surface area contributed by atoms with Crippen molar-refractivity contribution in [2.45, 2.75) is 31.8 Å². The van der Waals surface area contributed by atoms with Gasteiger partial charge in [-0.05, 0) is 13.3 Å². The van der Waals surface area contributed by atoms with E-state index in [0.29, 0.717) is 12.8 Å². The predicted octanol–water partition coefficient (Wildman–Crippen LogP) is -0.493. The molecule has 0 aromatic heterocycles. The van der Waals surface area contributed by atoms with Crippen LogP contribution in [0.4, 0.5) is 0 Å². The summed E-state index contributed by atoms with van der Waals surface area (Å²) in [6.45, 7) is 4.45. The second-order valence-corrected chi connectivity index (χ2v) is 4.24. The second-order valence-electron chi connectivity index (χ2n) is 4.24. The Morgan fingerprint density at radius 1 is 1.50 bits per heavy atom. The molecule has 6 heteroatoms. The van der Waals surface area contributed by atoms with Crippen LogP contribution in [0, 0.1) is 0 Å². The van der Waals surface area contributed by atoms with Gasteiger partial charge in [0.05, 0.1) is 0 Å². The lowest BCUT2D eigenvalue weighted by atomic mass is 10.1. The Hall–Kier alpha value is -0.810. The third kappa shape index (κ3) is 2.65. The smallest absolute Gasteiger partial charge is 0.245 e. The fourth-order valence-corrected chi connectivity index (χ4v) is 2.17. The van der Waals surface area contributed by atoms with Gasteiger partial charge < -0.3 is 15.5 Å². The Morgan fingerprint density at radius 2 is 2.25 bits per heavy atom. The summed E-state index contributed by atoms with van der Waals surface area (Å²) in [5.74, 6) is 0.0750. The molecule has 2 rings (SSSR count). The summed E-state index contributed by atoms with van der Waals surface area (Å²) in [6.07, 6.45) is 1.13. The SMILES string of the molecule is CC1CNCCN1C(=O)C1CCC(=O)N1.Cl. The summed E-state index contributed by atoms with van der Waals surface area (Å²) < 4.78 is 0. The van der Waals surface area contributed by atoms with Gasteiger partial charge in [-0.3, -0.25) is 9.59 Å². The van der Waals surface area contributed by atoms with E-state index < -0.39 is 0 Å². The molecule has 2 unspecified atom stereocenters. The van der Waals surface area contributed by atoms with Crippen LogP contribution in [0.25, 0.3) is 0 Å². The van der Waals surface area contributed by atoms with Crippen LogP contribution in [0.15, 0.2) is 0 Å². The van der Waals surface area contributed by atoms with Crippen molar-refractivity contribution in [1.29, 1.82) is 0 Å². The van der Waals surface area contributed by atoms with Crippen molar-refractivity contribution in [3.8, 4) is 0 Å². The van der Waals surface area contributed by atoms with Crippen molar-refractivity contribution in [1.82, 2.24) is 15.5 Å². The Morgan fingerprint density at radius 3 is 2.81 bits per heavy atom. The van der Waals surface area contributed by atoms with Gasteiger partial charge in [0.1, 0.15) is 6.04 Å².